The minimum Gasteiger partial charge on any atom is -0.339 e. The third kappa shape index (κ3) is 1.46. The van der Waals surface area contributed by atoms with E-state index in [4.69, 9.17) is 0 Å². The van der Waals surface area contributed by atoms with E-state index in [0.717, 1.165) is 38.6 Å². The van der Waals surface area contributed by atoms with Crippen LogP contribution in [-0.2, 0) is 9.59 Å². The van der Waals surface area contributed by atoms with Crippen molar-refractivity contribution in [2.45, 2.75) is 69.9 Å². The van der Waals surface area contributed by atoms with Crippen LogP contribution < -0.4 is 5.32 Å². The minimum atomic E-state index is -0.595. The summed E-state index contributed by atoms with van der Waals surface area (Å²) in [6.07, 6.45) is 7.33. The van der Waals surface area contributed by atoms with Crippen molar-refractivity contribution in [3.8, 4) is 0 Å². The van der Waals surface area contributed by atoms with Crippen LogP contribution >= 0.6 is 0 Å². The molecule has 116 valence electrons. The van der Waals surface area contributed by atoms with Gasteiger partial charge in [-0.1, -0.05) is 26.7 Å². The zero-order valence-corrected chi connectivity index (χ0v) is 13.2. The predicted octanol–water partition coefficient (Wildman–Crippen LogP) is 2.08. The quantitative estimate of drug-likeness (QED) is 0.846. The van der Waals surface area contributed by atoms with Crippen LogP contribution in [0.5, 0.6) is 0 Å². The Balaban J connectivity index is 1.86. The van der Waals surface area contributed by atoms with Gasteiger partial charge in [0.1, 0.15) is 11.1 Å². The lowest BCUT2D eigenvalue weighted by molar-refractivity contribution is -0.189. The standard InChI is InChI=1S/C17H26N2O2/c1-11(2)10-16-12-6-3-4-7-13(12)17(14(20)18-16)8-5-9-19(17)15(16)21/h11-13H,3-10H2,1-2H3,(H,18,20)/t12-,13+,16-,17+/m1/s1. The van der Waals surface area contributed by atoms with Gasteiger partial charge in [-0.2, -0.15) is 0 Å². The van der Waals surface area contributed by atoms with Gasteiger partial charge in [0.05, 0.1) is 0 Å². The second-order valence-electron chi connectivity index (χ2n) is 8.01. The molecule has 0 aromatic rings. The molecule has 4 heteroatoms. The summed E-state index contributed by atoms with van der Waals surface area (Å²) in [4.78, 5) is 28.2. The number of carbonyl (C=O) groups excluding carboxylic acids is 2. The number of nitrogens with one attached hydrogen (secondary N) is 1. The molecule has 5 aliphatic rings. The van der Waals surface area contributed by atoms with Crippen molar-refractivity contribution in [1.82, 2.24) is 10.2 Å². The first-order valence-corrected chi connectivity index (χ1v) is 8.67. The number of nitrogens with zero attached hydrogens (tertiary/aromatic N) is 1. The van der Waals surface area contributed by atoms with E-state index in [2.05, 4.69) is 19.2 Å². The number of amides is 2. The first-order chi connectivity index (χ1) is 10.0. The molecule has 0 unspecified atom stereocenters. The van der Waals surface area contributed by atoms with Crippen LogP contribution in [0.4, 0.5) is 0 Å². The largest absolute Gasteiger partial charge is 0.339 e. The fourth-order valence-corrected chi connectivity index (χ4v) is 6.00. The van der Waals surface area contributed by atoms with Crippen LogP contribution in [0.15, 0.2) is 0 Å². The topological polar surface area (TPSA) is 49.4 Å². The average Bonchev–Trinajstić information content (AvgIpc) is 2.89. The molecule has 4 atom stereocenters. The summed E-state index contributed by atoms with van der Waals surface area (Å²) in [5, 5.41) is 3.24. The Labute approximate surface area is 126 Å². The molecule has 21 heavy (non-hydrogen) atoms. The van der Waals surface area contributed by atoms with Crippen LogP contribution in [0, 0.1) is 17.8 Å². The molecule has 0 aromatic carbocycles. The number of piperidine rings is 2. The molecule has 2 amide bonds. The second kappa shape index (κ2) is 4.23. The predicted molar refractivity (Wildman–Crippen MR) is 79.5 cm³/mol. The van der Waals surface area contributed by atoms with Crippen LogP contribution in [-0.4, -0.2) is 34.3 Å². The Morgan fingerprint density at radius 2 is 1.90 bits per heavy atom. The molecule has 4 heterocycles. The van der Waals surface area contributed by atoms with Crippen molar-refractivity contribution in [1.29, 1.82) is 0 Å². The summed E-state index contributed by atoms with van der Waals surface area (Å²) in [7, 11) is 0. The first-order valence-electron chi connectivity index (χ1n) is 8.67. The van der Waals surface area contributed by atoms with Gasteiger partial charge in [-0.15, -0.1) is 0 Å². The van der Waals surface area contributed by atoms with E-state index in [1.807, 2.05) is 4.90 Å². The van der Waals surface area contributed by atoms with E-state index in [-0.39, 0.29) is 11.8 Å². The highest BCUT2D eigenvalue weighted by molar-refractivity contribution is 6.05. The lowest BCUT2D eigenvalue weighted by Gasteiger charge is -2.64. The molecule has 1 N–H and O–H groups in total. The zero-order valence-electron chi connectivity index (χ0n) is 13.2. The Kier molecular flexibility index (Phi) is 2.74. The van der Waals surface area contributed by atoms with E-state index >= 15 is 0 Å². The SMILES string of the molecule is CC(C)C[C@]12NC(=O)[C@]3(CCCN3C1=O)[C@H]1CCCC[C@H]12. The summed E-state index contributed by atoms with van der Waals surface area (Å²) < 4.78 is 0. The van der Waals surface area contributed by atoms with Gasteiger partial charge < -0.3 is 10.2 Å². The number of hydrogen-bond acceptors (Lipinski definition) is 2. The first kappa shape index (κ1) is 13.6. The van der Waals surface area contributed by atoms with Gasteiger partial charge in [-0.3, -0.25) is 9.59 Å². The lowest BCUT2D eigenvalue weighted by atomic mass is 9.53. The van der Waals surface area contributed by atoms with E-state index in [1.165, 1.54) is 12.8 Å². The highest BCUT2D eigenvalue weighted by Gasteiger charge is 2.72. The van der Waals surface area contributed by atoms with Crippen molar-refractivity contribution in [3.05, 3.63) is 0 Å². The molecule has 1 aliphatic carbocycles. The van der Waals surface area contributed by atoms with E-state index < -0.39 is 11.1 Å². The molecular weight excluding hydrogens is 264 g/mol. The van der Waals surface area contributed by atoms with Crippen LogP contribution in [0.25, 0.3) is 0 Å². The fourth-order valence-electron chi connectivity index (χ4n) is 6.00. The molecule has 5 rings (SSSR count). The number of carbonyl (C=O) groups is 2. The minimum absolute atomic E-state index is 0.156. The maximum absolute atomic E-state index is 13.2. The normalized spacial score (nSPS) is 44.8. The Hall–Kier alpha value is -1.06. The maximum atomic E-state index is 13.2. The monoisotopic (exact) mass is 290 g/mol. The van der Waals surface area contributed by atoms with Crippen molar-refractivity contribution >= 4 is 11.8 Å². The summed E-state index contributed by atoms with van der Waals surface area (Å²) >= 11 is 0. The molecule has 5 fully saturated rings. The Bertz CT molecular complexity index is 503. The van der Waals surface area contributed by atoms with E-state index in [9.17, 15) is 9.59 Å². The highest BCUT2D eigenvalue weighted by atomic mass is 16.2. The molecule has 1 saturated carbocycles. The Morgan fingerprint density at radius 1 is 1.19 bits per heavy atom. The molecule has 4 aliphatic heterocycles. The van der Waals surface area contributed by atoms with Gasteiger partial charge in [0.25, 0.3) is 0 Å². The van der Waals surface area contributed by atoms with Crippen molar-refractivity contribution in [3.63, 3.8) is 0 Å². The zero-order chi connectivity index (χ0) is 14.8. The summed E-state index contributed by atoms with van der Waals surface area (Å²) in [5.41, 5.74) is -1.08. The van der Waals surface area contributed by atoms with Crippen molar-refractivity contribution in [2.75, 3.05) is 6.54 Å². The van der Waals surface area contributed by atoms with E-state index in [1.54, 1.807) is 0 Å². The van der Waals surface area contributed by atoms with Crippen molar-refractivity contribution < 1.29 is 9.59 Å². The number of piperazine rings is 1. The average molecular weight is 290 g/mol. The van der Waals surface area contributed by atoms with Gasteiger partial charge in [-0.05, 0) is 49.9 Å². The molecule has 4 nitrogen and oxygen atoms in total. The molecule has 4 saturated heterocycles. The van der Waals surface area contributed by atoms with Gasteiger partial charge in [0.15, 0.2) is 0 Å². The number of fused-ring (bicyclic) bond motifs is 1. The second-order valence-corrected chi connectivity index (χ2v) is 8.01. The summed E-state index contributed by atoms with van der Waals surface area (Å²) in [6.45, 7) is 5.11. The lowest BCUT2D eigenvalue weighted by Crippen LogP contribution is -2.85. The van der Waals surface area contributed by atoms with Crippen LogP contribution in [0.1, 0.15) is 58.8 Å². The van der Waals surface area contributed by atoms with Gasteiger partial charge in [-0.25, -0.2) is 0 Å². The number of rotatable bonds is 2. The molecule has 0 radical (unpaired) electrons. The van der Waals surface area contributed by atoms with Crippen LogP contribution in [0.2, 0.25) is 0 Å². The molecule has 2 bridgehead atoms. The van der Waals surface area contributed by atoms with Gasteiger partial charge in [0, 0.05) is 6.54 Å². The fraction of sp³-hybridized carbons (Fsp3) is 0.882. The molecular formula is C17H26N2O2. The van der Waals surface area contributed by atoms with Crippen LogP contribution in [0.3, 0.4) is 0 Å². The third-order valence-electron chi connectivity index (χ3n) is 6.52. The maximum Gasteiger partial charge on any atom is 0.249 e. The summed E-state index contributed by atoms with van der Waals surface area (Å²) in [6, 6.07) is 0. The highest BCUT2D eigenvalue weighted by Crippen LogP contribution is 2.58. The molecule has 1 spiro atoms. The van der Waals surface area contributed by atoms with Gasteiger partial charge in [0.2, 0.25) is 11.8 Å². The van der Waals surface area contributed by atoms with Gasteiger partial charge >= 0.3 is 0 Å². The Morgan fingerprint density at radius 3 is 2.62 bits per heavy atom. The smallest absolute Gasteiger partial charge is 0.249 e. The molecule has 0 aromatic heterocycles. The van der Waals surface area contributed by atoms with E-state index in [0.29, 0.717) is 17.8 Å². The number of hydrogen-bond donors (Lipinski definition) is 1. The summed E-state index contributed by atoms with van der Waals surface area (Å²) in [5.74, 6) is 1.58. The van der Waals surface area contributed by atoms with Crippen molar-refractivity contribution in [2.24, 2.45) is 17.8 Å². The third-order valence-corrected chi connectivity index (χ3v) is 6.52.